The molecule has 0 unspecified atom stereocenters. The molecule has 160 valence electrons. The number of para-hydroxylation sites is 1. The molecule has 0 saturated heterocycles. The Labute approximate surface area is 190 Å². The number of carbonyl (C=O) groups excluding carboxylic acids is 1. The maximum absolute atomic E-state index is 12.8. The smallest absolute Gasteiger partial charge is 0.265 e. The summed E-state index contributed by atoms with van der Waals surface area (Å²) in [4.78, 5) is 14.7. The van der Waals surface area contributed by atoms with Gasteiger partial charge in [0.25, 0.3) is 15.9 Å². The van der Waals surface area contributed by atoms with Crippen LogP contribution in [0.15, 0.2) is 82.2 Å². The van der Waals surface area contributed by atoms with Crippen LogP contribution in [0.3, 0.4) is 0 Å². The molecule has 1 amide bonds. The number of hydrogen-bond acceptors (Lipinski definition) is 4. The van der Waals surface area contributed by atoms with E-state index < -0.39 is 10.0 Å². The molecular formula is C23H21BrN2O4S. The molecule has 0 bridgehead atoms. The van der Waals surface area contributed by atoms with Gasteiger partial charge in [-0.1, -0.05) is 34.1 Å². The molecule has 8 heteroatoms. The van der Waals surface area contributed by atoms with E-state index in [0.717, 1.165) is 22.1 Å². The normalized spacial score (nSPS) is 15.4. The van der Waals surface area contributed by atoms with Gasteiger partial charge in [-0.15, -0.1) is 0 Å². The quantitative estimate of drug-likeness (QED) is 0.536. The van der Waals surface area contributed by atoms with Crippen LogP contribution in [0.25, 0.3) is 0 Å². The second-order valence-corrected chi connectivity index (χ2v) is 9.92. The number of ether oxygens (including phenoxy) is 1. The zero-order valence-electron chi connectivity index (χ0n) is 16.8. The van der Waals surface area contributed by atoms with E-state index in [1.807, 2.05) is 31.2 Å². The molecule has 1 aliphatic rings. The first-order chi connectivity index (χ1) is 14.8. The highest BCUT2D eigenvalue weighted by molar-refractivity contribution is 9.10. The lowest BCUT2D eigenvalue weighted by atomic mass is 10.1. The SMILES string of the molecule is C[C@@H]1Cc2cc(Br)ccc2N1C(=O)COc1ccc(S(=O)(=O)Nc2ccccc2)cc1. The molecule has 0 saturated carbocycles. The Hall–Kier alpha value is -2.84. The van der Waals surface area contributed by atoms with Crippen molar-refractivity contribution >= 4 is 43.2 Å². The summed E-state index contributed by atoms with van der Waals surface area (Å²) < 4.78 is 34.2. The van der Waals surface area contributed by atoms with Gasteiger partial charge < -0.3 is 9.64 Å². The summed E-state index contributed by atoms with van der Waals surface area (Å²) in [7, 11) is -3.70. The van der Waals surface area contributed by atoms with Crippen molar-refractivity contribution in [3.63, 3.8) is 0 Å². The lowest BCUT2D eigenvalue weighted by Crippen LogP contribution is -2.39. The van der Waals surface area contributed by atoms with E-state index in [4.69, 9.17) is 4.74 Å². The van der Waals surface area contributed by atoms with Crippen LogP contribution >= 0.6 is 15.9 Å². The standard InChI is InChI=1S/C23H21BrN2O4S/c1-16-13-17-14-18(24)7-12-22(17)26(16)23(27)15-30-20-8-10-21(11-9-20)31(28,29)25-19-5-3-2-4-6-19/h2-12,14,16,25H,13,15H2,1H3/t16-/m1/s1. The minimum Gasteiger partial charge on any atom is -0.484 e. The first kappa shape index (κ1) is 21.4. The van der Waals surface area contributed by atoms with Gasteiger partial charge in [-0.2, -0.15) is 0 Å². The number of benzene rings is 3. The van der Waals surface area contributed by atoms with E-state index >= 15 is 0 Å². The maximum Gasteiger partial charge on any atom is 0.265 e. The van der Waals surface area contributed by atoms with Crippen molar-refractivity contribution in [2.75, 3.05) is 16.2 Å². The highest BCUT2D eigenvalue weighted by Gasteiger charge is 2.31. The van der Waals surface area contributed by atoms with Crippen molar-refractivity contribution in [3.05, 3.63) is 82.8 Å². The van der Waals surface area contributed by atoms with E-state index in [2.05, 4.69) is 20.7 Å². The molecule has 1 N–H and O–H groups in total. The van der Waals surface area contributed by atoms with Gasteiger partial charge in [0.05, 0.1) is 4.90 Å². The van der Waals surface area contributed by atoms with Crippen LogP contribution in [0.4, 0.5) is 11.4 Å². The van der Waals surface area contributed by atoms with Crippen LogP contribution in [0.1, 0.15) is 12.5 Å². The van der Waals surface area contributed by atoms with Crippen molar-refractivity contribution in [2.24, 2.45) is 0 Å². The Kier molecular flexibility index (Phi) is 6.02. The number of sulfonamides is 1. The average molecular weight is 501 g/mol. The molecule has 4 rings (SSSR count). The van der Waals surface area contributed by atoms with Crippen LogP contribution in [-0.4, -0.2) is 27.0 Å². The summed E-state index contributed by atoms with van der Waals surface area (Å²) in [6.45, 7) is 1.87. The van der Waals surface area contributed by atoms with E-state index in [-0.39, 0.29) is 23.5 Å². The monoisotopic (exact) mass is 500 g/mol. The Balaban J connectivity index is 1.40. The first-order valence-corrected chi connectivity index (χ1v) is 12.0. The second-order valence-electron chi connectivity index (χ2n) is 7.32. The van der Waals surface area contributed by atoms with Crippen molar-refractivity contribution in [1.82, 2.24) is 0 Å². The van der Waals surface area contributed by atoms with Crippen LogP contribution in [0.2, 0.25) is 0 Å². The van der Waals surface area contributed by atoms with Crippen LogP contribution in [0, 0.1) is 0 Å². The third-order valence-electron chi connectivity index (χ3n) is 5.05. The summed E-state index contributed by atoms with van der Waals surface area (Å²) in [6.07, 6.45) is 0.793. The molecule has 1 aliphatic heterocycles. The zero-order valence-corrected chi connectivity index (χ0v) is 19.2. The number of nitrogens with zero attached hydrogens (tertiary/aromatic N) is 1. The highest BCUT2D eigenvalue weighted by Crippen LogP contribution is 2.34. The number of nitrogens with one attached hydrogen (secondary N) is 1. The Morgan fingerprint density at radius 1 is 1.10 bits per heavy atom. The molecule has 1 heterocycles. The average Bonchev–Trinajstić information content (AvgIpc) is 3.07. The van der Waals surface area contributed by atoms with E-state index in [9.17, 15) is 13.2 Å². The van der Waals surface area contributed by atoms with Crippen LogP contribution in [0.5, 0.6) is 5.75 Å². The molecule has 31 heavy (non-hydrogen) atoms. The maximum atomic E-state index is 12.8. The molecular weight excluding hydrogens is 480 g/mol. The topological polar surface area (TPSA) is 75.7 Å². The number of anilines is 2. The predicted molar refractivity (Wildman–Crippen MR) is 124 cm³/mol. The second kappa shape index (κ2) is 8.72. The third kappa shape index (κ3) is 4.75. The molecule has 0 fully saturated rings. The Morgan fingerprint density at radius 2 is 1.81 bits per heavy atom. The fourth-order valence-electron chi connectivity index (χ4n) is 3.63. The number of rotatable bonds is 6. The van der Waals surface area contributed by atoms with E-state index in [0.29, 0.717) is 11.4 Å². The largest absolute Gasteiger partial charge is 0.484 e. The minimum atomic E-state index is -3.70. The molecule has 0 spiro atoms. The van der Waals surface area contributed by atoms with Crippen LogP contribution in [-0.2, 0) is 21.2 Å². The highest BCUT2D eigenvalue weighted by atomic mass is 79.9. The molecule has 6 nitrogen and oxygen atoms in total. The molecule has 3 aromatic carbocycles. The summed E-state index contributed by atoms with van der Waals surface area (Å²) in [5.41, 5.74) is 2.51. The summed E-state index contributed by atoms with van der Waals surface area (Å²) in [5, 5.41) is 0. The van der Waals surface area contributed by atoms with Gasteiger partial charge in [0.15, 0.2) is 6.61 Å². The predicted octanol–water partition coefficient (Wildman–Crippen LogP) is 4.61. The summed E-state index contributed by atoms with van der Waals surface area (Å²) in [6, 6.07) is 20.6. The first-order valence-electron chi connectivity index (χ1n) is 9.75. The number of halogens is 1. The number of hydrogen-bond donors (Lipinski definition) is 1. The molecule has 3 aromatic rings. The summed E-state index contributed by atoms with van der Waals surface area (Å²) >= 11 is 3.47. The molecule has 0 aliphatic carbocycles. The molecule has 0 radical (unpaired) electrons. The van der Waals surface area contributed by atoms with Crippen molar-refractivity contribution < 1.29 is 17.9 Å². The number of fused-ring (bicyclic) bond motifs is 1. The fraction of sp³-hybridized carbons (Fsp3) is 0.174. The van der Waals surface area contributed by atoms with Gasteiger partial charge in [-0.3, -0.25) is 9.52 Å². The van der Waals surface area contributed by atoms with E-state index in [1.54, 1.807) is 41.3 Å². The van der Waals surface area contributed by atoms with Crippen LogP contribution < -0.4 is 14.4 Å². The lowest BCUT2D eigenvalue weighted by molar-refractivity contribution is -0.120. The van der Waals surface area contributed by atoms with Gasteiger partial charge in [0.2, 0.25) is 0 Å². The number of amides is 1. The van der Waals surface area contributed by atoms with Gasteiger partial charge >= 0.3 is 0 Å². The molecule has 0 aromatic heterocycles. The van der Waals surface area contributed by atoms with Gasteiger partial charge in [-0.05, 0) is 73.5 Å². The third-order valence-corrected chi connectivity index (χ3v) is 6.94. The number of carbonyl (C=O) groups is 1. The van der Waals surface area contributed by atoms with Crippen molar-refractivity contribution in [2.45, 2.75) is 24.3 Å². The van der Waals surface area contributed by atoms with Crippen molar-refractivity contribution in [3.8, 4) is 5.75 Å². The van der Waals surface area contributed by atoms with Crippen molar-refractivity contribution in [1.29, 1.82) is 0 Å². The Bertz CT molecular complexity index is 1200. The lowest BCUT2D eigenvalue weighted by Gasteiger charge is -2.22. The Morgan fingerprint density at radius 3 is 2.52 bits per heavy atom. The van der Waals surface area contributed by atoms with Gasteiger partial charge in [0, 0.05) is 21.9 Å². The zero-order chi connectivity index (χ0) is 22.0. The van der Waals surface area contributed by atoms with E-state index in [1.165, 1.54) is 12.1 Å². The fourth-order valence-corrected chi connectivity index (χ4v) is 5.10. The molecule has 1 atom stereocenters. The van der Waals surface area contributed by atoms with Gasteiger partial charge in [0.1, 0.15) is 5.75 Å². The van der Waals surface area contributed by atoms with Gasteiger partial charge in [-0.25, -0.2) is 8.42 Å². The minimum absolute atomic E-state index is 0.0528. The summed E-state index contributed by atoms with van der Waals surface area (Å²) in [5.74, 6) is 0.283.